The van der Waals surface area contributed by atoms with Crippen molar-refractivity contribution in [1.82, 2.24) is 9.88 Å². The van der Waals surface area contributed by atoms with Crippen LogP contribution in [-0.2, 0) is 11.3 Å². The summed E-state index contributed by atoms with van der Waals surface area (Å²) in [6.45, 7) is 6.28. The fourth-order valence-corrected chi connectivity index (χ4v) is 5.58. The highest BCUT2D eigenvalue weighted by molar-refractivity contribution is 6.05. The lowest BCUT2D eigenvalue weighted by molar-refractivity contribution is -0.138. The van der Waals surface area contributed by atoms with Gasteiger partial charge in [-0.2, -0.15) is 0 Å². The average molecular weight is 505 g/mol. The molecule has 2 aliphatic heterocycles. The fraction of sp³-hybridized carbons (Fsp3) is 0.517. The summed E-state index contributed by atoms with van der Waals surface area (Å²) in [5.74, 6) is 1.17. The molecule has 1 aromatic heterocycles. The molecule has 0 spiro atoms. The van der Waals surface area contributed by atoms with E-state index in [4.69, 9.17) is 20.2 Å². The summed E-state index contributed by atoms with van der Waals surface area (Å²) in [5.41, 5.74) is 5.25. The normalized spacial score (nSPS) is 17.9. The van der Waals surface area contributed by atoms with Gasteiger partial charge in [-0.1, -0.05) is 19.9 Å². The average Bonchev–Trinajstić information content (AvgIpc) is 3.68. The number of carbonyl (C=O) groups is 2. The highest BCUT2D eigenvalue weighted by atomic mass is 16.5. The van der Waals surface area contributed by atoms with E-state index in [-0.39, 0.29) is 30.6 Å². The Bertz CT molecular complexity index is 1230. The van der Waals surface area contributed by atoms with Crippen LogP contribution in [0.2, 0.25) is 0 Å². The first-order valence-corrected chi connectivity index (χ1v) is 13.3. The maximum atomic E-state index is 13.6. The standard InChI is InChI=1S/C29H36N4O4/c1-17(2)22-13-21(14-24(28(22)37-3)32-10-8-18(9-11-32)12-26(35)36)25(34)16-33-15-20-6-7-23(19-4-5-19)31-27(20)29(33)30/h6-7,13-14,17-19,30H,4-5,8-12,15-16H2,1-3H3,(H,35,36). The topological polar surface area (TPSA) is 107 Å². The van der Waals surface area contributed by atoms with Gasteiger partial charge in [-0.05, 0) is 61.3 Å². The predicted molar refractivity (Wildman–Crippen MR) is 142 cm³/mol. The van der Waals surface area contributed by atoms with E-state index in [1.54, 1.807) is 7.11 Å². The number of benzene rings is 1. The van der Waals surface area contributed by atoms with Crippen molar-refractivity contribution in [1.29, 1.82) is 5.41 Å². The number of carbonyl (C=O) groups excluding carboxylic acids is 1. The molecule has 0 atom stereocenters. The molecule has 37 heavy (non-hydrogen) atoms. The van der Waals surface area contributed by atoms with E-state index in [0.29, 0.717) is 29.6 Å². The van der Waals surface area contributed by atoms with E-state index in [9.17, 15) is 9.59 Å². The highest BCUT2D eigenvalue weighted by Gasteiger charge is 2.32. The van der Waals surface area contributed by atoms with Crippen molar-refractivity contribution in [2.45, 2.75) is 64.3 Å². The summed E-state index contributed by atoms with van der Waals surface area (Å²) >= 11 is 0. The van der Waals surface area contributed by atoms with Gasteiger partial charge in [0.05, 0.1) is 19.3 Å². The van der Waals surface area contributed by atoms with Gasteiger partial charge in [0.15, 0.2) is 5.78 Å². The van der Waals surface area contributed by atoms with Crippen LogP contribution >= 0.6 is 0 Å². The minimum absolute atomic E-state index is 0.0356. The fourth-order valence-electron chi connectivity index (χ4n) is 5.58. The zero-order valence-corrected chi connectivity index (χ0v) is 21.9. The number of methoxy groups -OCH3 is 1. The second-order valence-corrected chi connectivity index (χ2v) is 10.9. The molecule has 0 bridgehead atoms. The number of fused-ring (bicyclic) bond motifs is 1. The predicted octanol–water partition coefficient (Wildman–Crippen LogP) is 4.81. The number of aliphatic carboxylic acids is 1. The minimum atomic E-state index is -0.751. The number of Topliss-reactive ketones (excluding diaryl/α,β-unsaturated/α-hetero) is 1. The Hall–Kier alpha value is -3.42. The lowest BCUT2D eigenvalue weighted by Gasteiger charge is -2.35. The van der Waals surface area contributed by atoms with Crippen molar-refractivity contribution in [3.63, 3.8) is 0 Å². The number of pyridine rings is 1. The molecule has 1 aliphatic carbocycles. The van der Waals surface area contributed by atoms with Gasteiger partial charge in [-0.3, -0.25) is 15.0 Å². The number of amidine groups is 1. The van der Waals surface area contributed by atoms with Gasteiger partial charge in [-0.25, -0.2) is 4.98 Å². The molecule has 3 heterocycles. The van der Waals surface area contributed by atoms with Crippen LogP contribution in [0.25, 0.3) is 0 Å². The van der Waals surface area contributed by atoms with Crippen LogP contribution in [0.15, 0.2) is 24.3 Å². The van der Waals surface area contributed by atoms with Crippen LogP contribution in [0.5, 0.6) is 5.75 Å². The Labute approximate surface area is 218 Å². The maximum Gasteiger partial charge on any atom is 0.303 e. The van der Waals surface area contributed by atoms with Gasteiger partial charge in [-0.15, -0.1) is 0 Å². The summed E-state index contributed by atoms with van der Waals surface area (Å²) in [4.78, 5) is 33.5. The molecule has 1 saturated heterocycles. The summed E-state index contributed by atoms with van der Waals surface area (Å²) in [6, 6.07) is 7.98. The zero-order chi connectivity index (χ0) is 26.3. The smallest absolute Gasteiger partial charge is 0.303 e. The van der Waals surface area contributed by atoms with Crippen LogP contribution in [-0.4, -0.2) is 59.3 Å². The molecule has 1 aromatic carbocycles. The molecule has 0 radical (unpaired) electrons. The molecule has 196 valence electrons. The van der Waals surface area contributed by atoms with Gasteiger partial charge < -0.3 is 19.6 Å². The van der Waals surface area contributed by atoms with E-state index >= 15 is 0 Å². The first-order valence-electron chi connectivity index (χ1n) is 13.3. The van der Waals surface area contributed by atoms with Gasteiger partial charge in [0.2, 0.25) is 0 Å². The van der Waals surface area contributed by atoms with Gasteiger partial charge >= 0.3 is 5.97 Å². The number of aromatic nitrogens is 1. The number of piperidine rings is 1. The Morgan fingerprint density at radius 3 is 2.51 bits per heavy atom. The third-order valence-electron chi connectivity index (χ3n) is 7.90. The van der Waals surface area contributed by atoms with Crippen LogP contribution < -0.4 is 9.64 Å². The van der Waals surface area contributed by atoms with E-state index in [1.807, 2.05) is 17.0 Å². The third kappa shape index (κ3) is 5.20. The number of ketones is 1. The van der Waals surface area contributed by atoms with E-state index in [1.165, 1.54) is 0 Å². The molecule has 0 amide bonds. The van der Waals surface area contributed by atoms with E-state index < -0.39 is 5.97 Å². The van der Waals surface area contributed by atoms with Crippen molar-refractivity contribution in [2.24, 2.45) is 5.92 Å². The molecule has 0 unspecified atom stereocenters. The molecule has 2 aromatic rings. The molecular weight excluding hydrogens is 468 g/mol. The van der Waals surface area contributed by atoms with Crippen molar-refractivity contribution in [3.8, 4) is 5.75 Å². The minimum Gasteiger partial charge on any atom is -0.494 e. The maximum absolute atomic E-state index is 13.6. The number of carboxylic acids is 1. The van der Waals surface area contributed by atoms with E-state index in [0.717, 1.165) is 67.0 Å². The van der Waals surface area contributed by atoms with Crippen LogP contribution in [0.3, 0.4) is 0 Å². The SMILES string of the molecule is COc1c(C(C)C)cc(C(=O)CN2Cc3ccc(C4CC4)nc3C2=N)cc1N1CCC(CC(=O)O)CC1. The second-order valence-electron chi connectivity index (χ2n) is 10.9. The number of hydrogen-bond donors (Lipinski definition) is 2. The summed E-state index contributed by atoms with van der Waals surface area (Å²) in [7, 11) is 1.66. The first-order chi connectivity index (χ1) is 17.7. The molecule has 2 fully saturated rings. The molecule has 1 saturated carbocycles. The van der Waals surface area contributed by atoms with E-state index in [2.05, 4.69) is 30.9 Å². The van der Waals surface area contributed by atoms with Crippen molar-refractivity contribution < 1.29 is 19.4 Å². The molecule has 3 aliphatic rings. The van der Waals surface area contributed by atoms with Crippen LogP contribution in [0.4, 0.5) is 5.69 Å². The first kappa shape index (κ1) is 25.2. The van der Waals surface area contributed by atoms with Crippen molar-refractivity contribution >= 4 is 23.3 Å². The number of anilines is 1. The second kappa shape index (κ2) is 10.1. The summed E-state index contributed by atoms with van der Waals surface area (Å²) in [5, 5.41) is 17.9. The lowest BCUT2D eigenvalue weighted by atomic mass is 9.91. The number of rotatable bonds is 9. The quantitative estimate of drug-likeness (QED) is 0.472. The molecular formula is C29H36N4O4. The molecule has 2 N–H and O–H groups in total. The lowest BCUT2D eigenvalue weighted by Crippen LogP contribution is -2.35. The van der Waals surface area contributed by atoms with Gasteiger partial charge in [0.25, 0.3) is 0 Å². The molecule has 8 heteroatoms. The molecule has 5 rings (SSSR count). The monoisotopic (exact) mass is 504 g/mol. The van der Waals surface area contributed by atoms with Crippen molar-refractivity contribution in [2.75, 3.05) is 31.6 Å². The number of nitrogens with one attached hydrogen (secondary N) is 1. The van der Waals surface area contributed by atoms with Crippen molar-refractivity contribution in [3.05, 3.63) is 52.3 Å². The number of nitrogens with zero attached hydrogens (tertiary/aromatic N) is 3. The highest BCUT2D eigenvalue weighted by Crippen LogP contribution is 2.41. The third-order valence-corrected chi connectivity index (χ3v) is 7.90. The molecule has 8 nitrogen and oxygen atoms in total. The summed E-state index contributed by atoms with van der Waals surface area (Å²) < 4.78 is 5.85. The Kier molecular flexibility index (Phi) is 6.92. The Morgan fingerprint density at radius 2 is 1.89 bits per heavy atom. The van der Waals surface area contributed by atoms with Gasteiger partial charge in [0.1, 0.15) is 17.3 Å². The van der Waals surface area contributed by atoms with Crippen LogP contribution in [0, 0.1) is 11.3 Å². The number of hydrogen-bond acceptors (Lipinski definition) is 6. The zero-order valence-electron chi connectivity index (χ0n) is 21.9. The number of ether oxygens (including phenoxy) is 1. The summed E-state index contributed by atoms with van der Waals surface area (Å²) in [6.07, 6.45) is 4.11. The number of carboxylic acid groups (broad SMARTS) is 1. The Balaban J connectivity index is 1.37. The largest absolute Gasteiger partial charge is 0.494 e. The van der Waals surface area contributed by atoms with Gasteiger partial charge in [0, 0.05) is 48.8 Å². The van der Waals surface area contributed by atoms with Crippen LogP contribution in [0.1, 0.15) is 90.7 Å². The Morgan fingerprint density at radius 1 is 1.16 bits per heavy atom.